The Morgan fingerprint density at radius 1 is 1.13 bits per heavy atom. The molecule has 5 aliphatic rings. The number of anilines is 1. The topological polar surface area (TPSA) is 133 Å². The molecule has 2 saturated carbocycles. The van der Waals surface area contributed by atoms with Gasteiger partial charge in [0.05, 0.1) is 11.7 Å². The third-order valence-electron chi connectivity index (χ3n) is 9.94. The average Bonchev–Trinajstić information content (AvgIpc) is 3.24. The van der Waals surface area contributed by atoms with Gasteiger partial charge in [-0.25, -0.2) is 4.79 Å². The maximum Gasteiger partial charge on any atom is 0.339 e. The molecule has 2 saturated heterocycles. The Kier molecular flexibility index (Phi) is 5.53. The van der Waals surface area contributed by atoms with Crippen molar-refractivity contribution in [3.05, 3.63) is 59.2 Å². The fraction of sp³-hybridized carbons (Fsp3) is 0.452. The molecular weight excluding hydrogens is 498 g/mol. The number of carbonyl (C=O) groups excluding carboxylic acids is 2. The van der Waals surface area contributed by atoms with E-state index >= 15 is 0 Å². The lowest BCUT2D eigenvalue weighted by Crippen LogP contribution is -2.57. The fourth-order valence-corrected chi connectivity index (χ4v) is 8.34. The van der Waals surface area contributed by atoms with Crippen LogP contribution in [0, 0.1) is 29.6 Å². The molecule has 2 aromatic rings. The van der Waals surface area contributed by atoms with Crippen molar-refractivity contribution in [2.75, 3.05) is 5.32 Å². The first-order chi connectivity index (χ1) is 18.4. The number of amides is 1. The second-order valence-corrected chi connectivity index (χ2v) is 12.3. The SMILES string of the molecule is Cc1ccccc1C1=C[C@]23C[C@@H]4C[C@H](O[C@@]4(C)C2)[C@H]3[C@](C)(CCC(=O)Nc2c(O)ccc(C(=O)O)c2O)C1=O. The van der Waals surface area contributed by atoms with Gasteiger partial charge < -0.3 is 25.4 Å². The maximum atomic E-state index is 14.4. The molecule has 2 aromatic carbocycles. The standard InChI is InChI=1S/C31H33NO7/c1-16-6-4-5-7-18(16)20-14-31-13-17-12-22(39-30(17,3)15-31)26(31)29(2,27(20)36)11-10-23(34)32-24-21(33)9-8-19(25(24)35)28(37)38/h4-9,14,17,22,26,33,35H,10-13,15H2,1-3H3,(H,32,34)(H,37,38)/t17-,22-,26-,29-,30-,31+/m0/s1. The minimum atomic E-state index is -1.39. The van der Waals surface area contributed by atoms with Gasteiger partial charge in [0.15, 0.2) is 11.5 Å². The number of aromatic carboxylic acids is 1. The number of ketones is 1. The Labute approximate surface area is 226 Å². The van der Waals surface area contributed by atoms with Gasteiger partial charge in [-0.05, 0) is 74.1 Å². The second kappa shape index (κ2) is 8.42. The third kappa shape index (κ3) is 3.64. The first-order valence-corrected chi connectivity index (χ1v) is 13.5. The van der Waals surface area contributed by atoms with Crippen LogP contribution in [0.4, 0.5) is 5.69 Å². The smallest absolute Gasteiger partial charge is 0.339 e. The molecule has 2 aliphatic heterocycles. The summed E-state index contributed by atoms with van der Waals surface area (Å²) in [6.07, 6.45) is 5.07. The largest absolute Gasteiger partial charge is 0.506 e. The highest BCUT2D eigenvalue weighted by Gasteiger charge is 2.72. The normalized spacial score (nSPS) is 34.1. The van der Waals surface area contributed by atoms with Crippen molar-refractivity contribution >= 4 is 28.9 Å². The predicted octanol–water partition coefficient (Wildman–Crippen LogP) is 5.07. The molecule has 8 heteroatoms. The number of carboxylic acids is 1. The van der Waals surface area contributed by atoms with Crippen molar-refractivity contribution in [2.45, 2.75) is 64.6 Å². The molecule has 204 valence electrons. The number of hydrogen-bond donors (Lipinski definition) is 4. The summed E-state index contributed by atoms with van der Waals surface area (Å²) in [5.74, 6) is -2.70. The van der Waals surface area contributed by atoms with Crippen LogP contribution >= 0.6 is 0 Å². The fourth-order valence-electron chi connectivity index (χ4n) is 8.34. The van der Waals surface area contributed by atoms with E-state index in [0.717, 1.165) is 42.5 Å². The Morgan fingerprint density at radius 2 is 1.87 bits per heavy atom. The van der Waals surface area contributed by atoms with E-state index in [1.54, 1.807) is 0 Å². The molecule has 2 heterocycles. The van der Waals surface area contributed by atoms with Crippen molar-refractivity contribution in [3.8, 4) is 11.5 Å². The van der Waals surface area contributed by atoms with Gasteiger partial charge in [-0.2, -0.15) is 0 Å². The number of carboxylic acid groups (broad SMARTS) is 1. The molecule has 6 atom stereocenters. The summed E-state index contributed by atoms with van der Waals surface area (Å²) in [5.41, 5.74) is 0.595. The summed E-state index contributed by atoms with van der Waals surface area (Å²) in [7, 11) is 0. The number of allylic oxidation sites excluding steroid dienone is 2. The van der Waals surface area contributed by atoms with Crippen LogP contribution in [0.15, 0.2) is 42.5 Å². The minimum absolute atomic E-state index is 0.00125. The molecule has 4 fully saturated rings. The molecule has 0 radical (unpaired) electrons. The highest BCUT2D eigenvalue weighted by molar-refractivity contribution is 6.24. The van der Waals surface area contributed by atoms with Gasteiger partial charge >= 0.3 is 5.97 Å². The van der Waals surface area contributed by atoms with Crippen molar-refractivity contribution in [2.24, 2.45) is 22.7 Å². The summed E-state index contributed by atoms with van der Waals surface area (Å²) in [6, 6.07) is 10.1. The van der Waals surface area contributed by atoms with Crippen molar-refractivity contribution in [1.82, 2.24) is 0 Å². The quantitative estimate of drug-likeness (QED) is 0.383. The van der Waals surface area contributed by atoms with E-state index in [0.29, 0.717) is 11.5 Å². The van der Waals surface area contributed by atoms with E-state index in [-0.39, 0.29) is 47.4 Å². The van der Waals surface area contributed by atoms with E-state index in [1.807, 2.05) is 38.1 Å². The number of benzene rings is 2. The molecule has 4 bridgehead atoms. The number of aryl methyl sites for hydroxylation is 1. The lowest BCUT2D eigenvalue weighted by molar-refractivity contribution is -0.168. The van der Waals surface area contributed by atoms with Crippen molar-refractivity contribution < 1.29 is 34.4 Å². The highest BCUT2D eigenvalue weighted by Crippen LogP contribution is 2.72. The van der Waals surface area contributed by atoms with Crippen molar-refractivity contribution in [3.63, 3.8) is 0 Å². The molecule has 7 rings (SSSR count). The molecule has 8 nitrogen and oxygen atoms in total. The first kappa shape index (κ1) is 25.6. The monoisotopic (exact) mass is 531 g/mol. The predicted molar refractivity (Wildman–Crippen MR) is 143 cm³/mol. The van der Waals surface area contributed by atoms with Crippen LogP contribution in [-0.2, 0) is 14.3 Å². The van der Waals surface area contributed by atoms with Gasteiger partial charge in [-0.15, -0.1) is 0 Å². The van der Waals surface area contributed by atoms with E-state index < -0.39 is 34.4 Å². The summed E-state index contributed by atoms with van der Waals surface area (Å²) in [4.78, 5) is 38.9. The van der Waals surface area contributed by atoms with Gasteiger partial charge in [0, 0.05) is 23.3 Å². The van der Waals surface area contributed by atoms with Crippen molar-refractivity contribution in [1.29, 1.82) is 0 Å². The average molecular weight is 532 g/mol. The lowest BCUT2D eigenvalue weighted by Gasteiger charge is -2.56. The molecule has 0 aromatic heterocycles. The van der Waals surface area contributed by atoms with Crippen LogP contribution in [-0.4, -0.2) is 44.7 Å². The van der Waals surface area contributed by atoms with Crippen LogP contribution in [0.1, 0.15) is 67.4 Å². The Bertz CT molecular complexity index is 1460. The lowest BCUT2D eigenvalue weighted by atomic mass is 9.49. The third-order valence-corrected chi connectivity index (χ3v) is 9.94. The van der Waals surface area contributed by atoms with Crippen LogP contribution in [0.5, 0.6) is 11.5 Å². The zero-order chi connectivity index (χ0) is 27.9. The number of carbonyl (C=O) groups is 3. The highest BCUT2D eigenvalue weighted by atomic mass is 16.5. The number of aromatic hydroxyl groups is 2. The molecule has 39 heavy (non-hydrogen) atoms. The molecule has 4 N–H and O–H groups in total. The zero-order valence-electron chi connectivity index (χ0n) is 22.3. The Morgan fingerprint density at radius 3 is 2.56 bits per heavy atom. The van der Waals surface area contributed by atoms with Gasteiger partial charge in [-0.1, -0.05) is 37.3 Å². The molecule has 1 amide bonds. The van der Waals surface area contributed by atoms with Crippen LogP contribution in [0.25, 0.3) is 5.57 Å². The summed E-state index contributed by atoms with van der Waals surface area (Å²) in [5, 5.41) is 32.3. The molecular formula is C31H33NO7. The summed E-state index contributed by atoms with van der Waals surface area (Å²) in [6.45, 7) is 6.15. The van der Waals surface area contributed by atoms with E-state index in [1.165, 1.54) is 0 Å². The zero-order valence-corrected chi connectivity index (χ0v) is 22.3. The Balaban J connectivity index is 1.34. The van der Waals surface area contributed by atoms with Gasteiger partial charge in [0.2, 0.25) is 5.91 Å². The van der Waals surface area contributed by atoms with Crippen LogP contribution < -0.4 is 5.32 Å². The number of rotatable bonds is 6. The van der Waals surface area contributed by atoms with Crippen LogP contribution in [0.2, 0.25) is 0 Å². The number of ether oxygens (including phenoxy) is 1. The van der Waals surface area contributed by atoms with E-state index in [4.69, 9.17) is 4.74 Å². The summed E-state index contributed by atoms with van der Waals surface area (Å²) >= 11 is 0. The van der Waals surface area contributed by atoms with E-state index in [9.17, 15) is 29.7 Å². The summed E-state index contributed by atoms with van der Waals surface area (Å²) < 4.78 is 6.58. The van der Waals surface area contributed by atoms with Gasteiger partial charge in [0.1, 0.15) is 17.0 Å². The first-order valence-electron chi connectivity index (χ1n) is 13.5. The number of phenolic OH excluding ortho intramolecular Hbond substituents is 1. The number of hydrogen-bond acceptors (Lipinski definition) is 6. The maximum absolute atomic E-state index is 14.4. The number of Topliss-reactive ketones (excluding diaryl/α,β-unsaturated/α-hetero) is 1. The van der Waals surface area contributed by atoms with Gasteiger partial charge in [-0.3, -0.25) is 9.59 Å². The molecule has 1 spiro atoms. The van der Waals surface area contributed by atoms with Gasteiger partial charge in [0.25, 0.3) is 0 Å². The number of phenols is 2. The number of nitrogens with one attached hydrogen (secondary N) is 1. The Hall–Kier alpha value is -3.65. The molecule has 3 aliphatic carbocycles. The van der Waals surface area contributed by atoms with Crippen LogP contribution in [0.3, 0.4) is 0 Å². The minimum Gasteiger partial charge on any atom is -0.506 e. The second-order valence-electron chi connectivity index (χ2n) is 12.3. The molecule has 0 unspecified atom stereocenters. The van der Waals surface area contributed by atoms with E-state index in [2.05, 4.69) is 18.3 Å².